The Labute approximate surface area is 221 Å². The maximum Gasteiger partial charge on any atom is 0.231 e. The molecule has 0 aromatic heterocycles. The van der Waals surface area contributed by atoms with E-state index in [0.717, 1.165) is 20.3 Å². The standard InChI is InChI=1S/C26H20ClIN2O5/c1-2-31-23-8-15(7-19(28)25(23)32-12-14-5-3-4-6-18(14)27)24-16-9-21-22(34-13-33-21)10-20(16)35-26(30)17(24)11-29/h3-10,24H,2,12-13,30H2,1H3/t24-/m1/s1. The smallest absolute Gasteiger partial charge is 0.231 e. The number of nitrogens with two attached hydrogens (primary N) is 1. The molecule has 1 atom stereocenters. The molecule has 3 aromatic rings. The van der Waals surface area contributed by atoms with Crippen LogP contribution in [-0.4, -0.2) is 13.4 Å². The Hall–Kier alpha value is -3.29. The average molecular weight is 603 g/mol. The predicted molar refractivity (Wildman–Crippen MR) is 138 cm³/mol. The molecule has 0 amide bonds. The van der Waals surface area contributed by atoms with Gasteiger partial charge in [-0.05, 0) is 59.3 Å². The van der Waals surface area contributed by atoms with Gasteiger partial charge >= 0.3 is 0 Å². The van der Waals surface area contributed by atoms with Crippen LogP contribution < -0.4 is 29.4 Å². The first-order valence-electron chi connectivity index (χ1n) is 10.8. The molecule has 0 spiro atoms. The van der Waals surface area contributed by atoms with E-state index in [4.69, 9.17) is 41.0 Å². The Morgan fingerprint density at radius 3 is 2.63 bits per heavy atom. The number of fused-ring (bicyclic) bond motifs is 2. The van der Waals surface area contributed by atoms with Gasteiger partial charge in [-0.1, -0.05) is 29.8 Å². The molecule has 2 N–H and O–H groups in total. The molecule has 0 aliphatic carbocycles. The molecule has 7 nitrogen and oxygen atoms in total. The molecule has 0 saturated heterocycles. The van der Waals surface area contributed by atoms with Gasteiger partial charge in [-0.2, -0.15) is 5.26 Å². The van der Waals surface area contributed by atoms with Crippen molar-refractivity contribution in [3.63, 3.8) is 0 Å². The number of hydrogen-bond donors (Lipinski definition) is 1. The van der Waals surface area contributed by atoms with Crippen molar-refractivity contribution in [3.8, 4) is 34.8 Å². The van der Waals surface area contributed by atoms with Gasteiger partial charge in [-0.15, -0.1) is 0 Å². The number of halogens is 2. The summed E-state index contributed by atoms with van der Waals surface area (Å²) in [4.78, 5) is 0. The van der Waals surface area contributed by atoms with E-state index in [1.165, 1.54) is 0 Å². The topological polar surface area (TPSA) is 96.0 Å². The second kappa shape index (κ2) is 9.76. The van der Waals surface area contributed by atoms with E-state index in [-0.39, 0.29) is 19.3 Å². The van der Waals surface area contributed by atoms with Crippen LogP contribution in [0.2, 0.25) is 5.02 Å². The molecule has 0 fully saturated rings. The lowest BCUT2D eigenvalue weighted by molar-refractivity contribution is 0.174. The molecule has 2 heterocycles. The third-order valence-electron chi connectivity index (χ3n) is 5.71. The van der Waals surface area contributed by atoms with E-state index in [2.05, 4.69) is 28.7 Å². The maximum absolute atomic E-state index is 9.95. The lowest BCUT2D eigenvalue weighted by atomic mass is 9.83. The molecular formula is C26H20ClIN2O5. The van der Waals surface area contributed by atoms with E-state index in [0.29, 0.717) is 46.0 Å². The summed E-state index contributed by atoms with van der Waals surface area (Å²) in [6, 6.07) is 17.2. The van der Waals surface area contributed by atoms with Crippen molar-refractivity contribution < 1.29 is 23.7 Å². The number of ether oxygens (including phenoxy) is 5. The Kier molecular flexibility index (Phi) is 6.54. The van der Waals surface area contributed by atoms with Crippen molar-refractivity contribution in [1.82, 2.24) is 0 Å². The van der Waals surface area contributed by atoms with Crippen LogP contribution in [0.15, 0.2) is 60.0 Å². The van der Waals surface area contributed by atoms with Crippen LogP contribution in [-0.2, 0) is 6.61 Å². The Morgan fingerprint density at radius 2 is 1.89 bits per heavy atom. The lowest BCUT2D eigenvalue weighted by Crippen LogP contribution is -2.21. The van der Waals surface area contributed by atoms with Gasteiger partial charge < -0.3 is 29.4 Å². The first-order chi connectivity index (χ1) is 17.0. The number of nitriles is 1. The van der Waals surface area contributed by atoms with Crippen LogP contribution in [0.5, 0.6) is 28.7 Å². The summed E-state index contributed by atoms with van der Waals surface area (Å²) in [6.45, 7) is 2.75. The van der Waals surface area contributed by atoms with Gasteiger partial charge in [-0.3, -0.25) is 0 Å². The first kappa shape index (κ1) is 23.5. The van der Waals surface area contributed by atoms with Crippen LogP contribution in [0.25, 0.3) is 0 Å². The molecule has 3 aromatic carbocycles. The zero-order valence-electron chi connectivity index (χ0n) is 18.6. The van der Waals surface area contributed by atoms with Gasteiger partial charge in [0.05, 0.1) is 16.1 Å². The molecule has 0 radical (unpaired) electrons. The molecule has 0 bridgehead atoms. The Bertz CT molecular complexity index is 1380. The summed E-state index contributed by atoms with van der Waals surface area (Å²) in [6.07, 6.45) is 0. The van der Waals surface area contributed by atoms with E-state index >= 15 is 0 Å². The third kappa shape index (κ3) is 4.42. The number of rotatable bonds is 6. The van der Waals surface area contributed by atoms with Gasteiger partial charge in [0.15, 0.2) is 23.0 Å². The molecule has 9 heteroatoms. The molecule has 0 unspecified atom stereocenters. The Morgan fingerprint density at radius 1 is 1.11 bits per heavy atom. The summed E-state index contributed by atoms with van der Waals surface area (Å²) < 4.78 is 29.8. The van der Waals surface area contributed by atoms with Crippen molar-refractivity contribution in [3.05, 3.63) is 85.3 Å². The monoisotopic (exact) mass is 602 g/mol. The van der Waals surface area contributed by atoms with Crippen LogP contribution >= 0.6 is 34.2 Å². The minimum atomic E-state index is -0.483. The van der Waals surface area contributed by atoms with Crippen LogP contribution in [0.4, 0.5) is 0 Å². The van der Waals surface area contributed by atoms with Gasteiger partial charge in [0.25, 0.3) is 0 Å². The van der Waals surface area contributed by atoms with Crippen molar-refractivity contribution in [1.29, 1.82) is 5.26 Å². The summed E-state index contributed by atoms with van der Waals surface area (Å²) in [7, 11) is 0. The average Bonchev–Trinajstić information content (AvgIpc) is 3.30. The van der Waals surface area contributed by atoms with E-state index in [9.17, 15) is 5.26 Å². The zero-order valence-corrected chi connectivity index (χ0v) is 21.6. The number of allylic oxidation sites excluding steroid dienone is 1. The van der Waals surface area contributed by atoms with E-state index in [1.54, 1.807) is 6.07 Å². The molecule has 2 aliphatic heterocycles. The fourth-order valence-corrected chi connectivity index (χ4v) is 5.08. The second-order valence-electron chi connectivity index (χ2n) is 7.81. The molecule has 0 saturated carbocycles. The fraction of sp³-hybridized carbons (Fsp3) is 0.192. The molecule has 2 aliphatic rings. The summed E-state index contributed by atoms with van der Waals surface area (Å²) in [5.41, 5.74) is 8.90. The van der Waals surface area contributed by atoms with Gasteiger partial charge in [0.2, 0.25) is 12.7 Å². The maximum atomic E-state index is 9.95. The summed E-state index contributed by atoms with van der Waals surface area (Å²) in [5, 5.41) is 10.6. The van der Waals surface area contributed by atoms with Gasteiger partial charge in [0.1, 0.15) is 24.0 Å². The fourth-order valence-electron chi connectivity index (χ4n) is 4.11. The Balaban J connectivity index is 1.58. The minimum Gasteiger partial charge on any atom is -0.490 e. The highest BCUT2D eigenvalue weighted by Crippen LogP contribution is 2.49. The quantitative estimate of drug-likeness (QED) is 0.353. The van der Waals surface area contributed by atoms with Crippen molar-refractivity contribution in [2.24, 2.45) is 5.73 Å². The summed E-state index contributed by atoms with van der Waals surface area (Å²) in [5.74, 6) is 2.41. The zero-order chi connectivity index (χ0) is 24.5. The van der Waals surface area contributed by atoms with Crippen molar-refractivity contribution >= 4 is 34.2 Å². The van der Waals surface area contributed by atoms with Crippen LogP contribution in [0.3, 0.4) is 0 Å². The number of benzene rings is 3. The van der Waals surface area contributed by atoms with Gasteiger partial charge in [-0.25, -0.2) is 0 Å². The molecular weight excluding hydrogens is 583 g/mol. The first-order valence-corrected chi connectivity index (χ1v) is 12.3. The van der Waals surface area contributed by atoms with E-state index < -0.39 is 5.92 Å². The number of hydrogen-bond acceptors (Lipinski definition) is 7. The predicted octanol–water partition coefficient (Wildman–Crippen LogP) is 5.87. The largest absolute Gasteiger partial charge is 0.490 e. The minimum absolute atomic E-state index is 0.0517. The van der Waals surface area contributed by atoms with Gasteiger partial charge in [0, 0.05) is 22.2 Å². The van der Waals surface area contributed by atoms with Crippen molar-refractivity contribution in [2.45, 2.75) is 19.4 Å². The normalized spacial score (nSPS) is 15.8. The number of nitrogens with zero attached hydrogens (tertiary/aromatic N) is 1. The third-order valence-corrected chi connectivity index (χ3v) is 6.88. The van der Waals surface area contributed by atoms with Crippen LogP contribution in [0.1, 0.15) is 29.5 Å². The molecule has 35 heavy (non-hydrogen) atoms. The highest BCUT2D eigenvalue weighted by atomic mass is 127. The molecule has 5 rings (SSSR count). The van der Waals surface area contributed by atoms with Crippen LogP contribution in [0, 0.1) is 14.9 Å². The van der Waals surface area contributed by atoms with E-state index in [1.807, 2.05) is 49.4 Å². The highest BCUT2D eigenvalue weighted by molar-refractivity contribution is 14.1. The SMILES string of the molecule is CCOc1cc([C@H]2C(C#N)=C(N)Oc3cc4c(cc32)OCO4)cc(I)c1OCc1ccccc1Cl. The molecule has 178 valence electrons. The summed E-state index contributed by atoms with van der Waals surface area (Å²) >= 11 is 8.51. The second-order valence-corrected chi connectivity index (χ2v) is 9.38. The lowest BCUT2D eigenvalue weighted by Gasteiger charge is -2.27. The highest BCUT2D eigenvalue weighted by Gasteiger charge is 2.34. The van der Waals surface area contributed by atoms with Crippen molar-refractivity contribution in [2.75, 3.05) is 13.4 Å².